The van der Waals surface area contributed by atoms with E-state index in [2.05, 4.69) is 0 Å². The Morgan fingerprint density at radius 3 is 2.43 bits per heavy atom. The monoisotopic (exact) mass is 513 g/mol. The Kier molecular flexibility index (Phi) is 6.98. The Morgan fingerprint density at radius 1 is 1.16 bits per heavy atom. The van der Waals surface area contributed by atoms with Crippen molar-refractivity contribution in [1.29, 1.82) is 0 Å². The van der Waals surface area contributed by atoms with E-state index in [9.17, 15) is 39.9 Å². The number of ketones is 3. The second-order valence-corrected chi connectivity index (χ2v) is 10.9. The Morgan fingerprint density at radius 2 is 1.84 bits per heavy atom. The minimum Gasteiger partial charge on any atom is -0.508 e. The van der Waals surface area contributed by atoms with E-state index in [4.69, 9.17) is 0 Å². The minimum absolute atomic E-state index is 0.0683. The zero-order chi connectivity index (χ0) is 27.4. The van der Waals surface area contributed by atoms with Crippen molar-refractivity contribution in [2.75, 3.05) is 25.6 Å². The molecule has 3 aliphatic rings. The van der Waals surface area contributed by atoms with Crippen LogP contribution in [0, 0.1) is 17.8 Å². The van der Waals surface area contributed by atoms with E-state index in [1.807, 2.05) is 32.0 Å². The van der Waals surface area contributed by atoms with E-state index in [0.29, 0.717) is 30.4 Å². The van der Waals surface area contributed by atoms with Crippen LogP contribution >= 0.6 is 0 Å². The molecule has 0 bridgehead atoms. The Bertz CT molecular complexity index is 1240. The van der Waals surface area contributed by atoms with Gasteiger partial charge in [-0.15, -0.1) is 0 Å². The van der Waals surface area contributed by atoms with Gasteiger partial charge in [-0.25, -0.2) is 0 Å². The predicted octanol–water partition coefficient (Wildman–Crippen LogP) is 2.54. The predicted molar refractivity (Wildman–Crippen MR) is 136 cm³/mol. The first kappa shape index (κ1) is 26.9. The summed E-state index contributed by atoms with van der Waals surface area (Å²) in [5.41, 5.74) is -1.05. The van der Waals surface area contributed by atoms with Gasteiger partial charge >= 0.3 is 0 Å². The lowest BCUT2D eigenvalue weighted by atomic mass is 9.59. The molecule has 200 valence electrons. The van der Waals surface area contributed by atoms with Crippen LogP contribution in [-0.2, 0) is 27.2 Å². The van der Waals surface area contributed by atoms with Gasteiger partial charge in [0.25, 0.3) is 0 Å². The summed E-state index contributed by atoms with van der Waals surface area (Å²) >= 11 is 0. The van der Waals surface area contributed by atoms with Crippen LogP contribution in [0.5, 0.6) is 5.75 Å². The second-order valence-electron chi connectivity index (χ2n) is 10.9. The van der Waals surface area contributed by atoms with E-state index in [1.165, 1.54) is 0 Å². The highest BCUT2D eigenvalue weighted by atomic mass is 16.3. The average Bonchev–Trinajstić information content (AvgIpc) is 2.80. The Hall–Kier alpha value is -3.17. The first-order valence-corrected chi connectivity index (χ1v) is 12.7. The molecule has 9 nitrogen and oxygen atoms in total. The van der Waals surface area contributed by atoms with Crippen LogP contribution in [-0.4, -0.2) is 69.2 Å². The largest absolute Gasteiger partial charge is 0.508 e. The van der Waals surface area contributed by atoms with Gasteiger partial charge in [0.05, 0.1) is 5.56 Å². The van der Waals surface area contributed by atoms with Crippen molar-refractivity contribution in [2.45, 2.75) is 58.0 Å². The summed E-state index contributed by atoms with van der Waals surface area (Å²) in [6.07, 6.45) is 1.96. The zero-order valence-electron chi connectivity index (χ0n) is 21.7. The highest BCUT2D eigenvalue weighted by Gasteiger charge is 2.60. The fraction of sp³-hybridized carbons (Fsp3) is 0.536. The van der Waals surface area contributed by atoms with E-state index in [-0.39, 0.29) is 48.7 Å². The van der Waals surface area contributed by atoms with Gasteiger partial charge in [0.2, 0.25) is 5.78 Å². The summed E-state index contributed by atoms with van der Waals surface area (Å²) in [5, 5.41) is 54.1. The lowest BCUT2D eigenvalue weighted by Crippen LogP contribution is -2.57. The number of phenols is 1. The van der Waals surface area contributed by atoms with Crippen LogP contribution in [0.15, 0.2) is 23.0 Å². The summed E-state index contributed by atoms with van der Waals surface area (Å²) in [6, 6.07) is 1.87. The number of hydrogen-bond donors (Lipinski definition) is 5. The maximum absolute atomic E-state index is 13.7. The molecule has 3 aliphatic carbocycles. The summed E-state index contributed by atoms with van der Waals surface area (Å²) in [7, 11) is 3.69. The van der Waals surface area contributed by atoms with E-state index in [1.54, 1.807) is 0 Å². The summed E-state index contributed by atoms with van der Waals surface area (Å²) in [4.78, 5) is 40.2. The number of nitrogens with zero attached hydrogens (tertiary/aromatic N) is 1. The normalized spacial score (nSPS) is 26.0. The average molecular weight is 514 g/mol. The van der Waals surface area contributed by atoms with Gasteiger partial charge in [0.15, 0.2) is 17.2 Å². The third kappa shape index (κ3) is 4.14. The lowest BCUT2D eigenvalue weighted by Gasteiger charge is -2.46. The minimum atomic E-state index is -2.50. The molecule has 0 aliphatic heterocycles. The maximum atomic E-state index is 13.7. The number of aryl methyl sites for hydroxylation is 1. The summed E-state index contributed by atoms with van der Waals surface area (Å²) < 4.78 is 0. The number of hydrogen-bond acceptors (Lipinski definition) is 9. The molecule has 37 heavy (non-hydrogen) atoms. The number of carbonyl (C=O) groups is 3. The zero-order valence-corrected chi connectivity index (χ0v) is 21.7. The lowest BCUT2D eigenvalue weighted by molar-refractivity contribution is -0.147. The number of benzene rings is 1. The van der Waals surface area contributed by atoms with Gasteiger partial charge < -0.3 is 30.4 Å². The Balaban J connectivity index is 1.87. The summed E-state index contributed by atoms with van der Waals surface area (Å²) in [6.45, 7) is 3.16. The number of aliphatic hydroxyl groups excluding tert-OH is 3. The van der Waals surface area contributed by atoms with Crippen molar-refractivity contribution in [3.8, 4) is 5.75 Å². The van der Waals surface area contributed by atoms with Crippen LogP contribution in [0.4, 0.5) is 5.69 Å². The molecule has 0 heterocycles. The van der Waals surface area contributed by atoms with Gasteiger partial charge in [-0.05, 0) is 68.1 Å². The number of phenolic OH excluding ortho intramolecular Hbond substituents is 1. The highest BCUT2D eigenvalue weighted by Crippen LogP contribution is 2.53. The fourth-order valence-corrected chi connectivity index (χ4v) is 6.19. The molecule has 5 N–H and O–H groups in total. The number of aromatic hydroxyl groups is 1. The fourth-order valence-electron chi connectivity index (χ4n) is 6.19. The van der Waals surface area contributed by atoms with Crippen LogP contribution < -0.4 is 4.90 Å². The van der Waals surface area contributed by atoms with E-state index < -0.39 is 51.9 Å². The molecule has 4 atom stereocenters. The van der Waals surface area contributed by atoms with Crippen molar-refractivity contribution >= 4 is 28.8 Å². The van der Waals surface area contributed by atoms with Crippen molar-refractivity contribution in [1.82, 2.24) is 0 Å². The molecule has 0 amide bonds. The second kappa shape index (κ2) is 9.61. The number of Topliss-reactive ketones (excluding diaryl/α,β-unsaturated/α-hetero) is 3. The van der Waals surface area contributed by atoms with Crippen molar-refractivity contribution in [2.24, 2.45) is 17.8 Å². The number of rotatable bonds is 7. The maximum Gasteiger partial charge on any atom is 0.202 e. The first-order valence-electron chi connectivity index (χ1n) is 12.7. The van der Waals surface area contributed by atoms with Crippen LogP contribution in [0.1, 0.15) is 56.2 Å². The van der Waals surface area contributed by atoms with Crippen LogP contribution in [0.2, 0.25) is 0 Å². The molecule has 9 heteroatoms. The number of allylic oxidation sites excluding steroid dienone is 1. The van der Waals surface area contributed by atoms with Gasteiger partial charge in [0.1, 0.15) is 22.8 Å². The molecule has 4 rings (SSSR count). The molecule has 0 spiro atoms. The molecule has 1 aromatic carbocycles. The Labute approximate surface area is 215 Å². The molecule has 0 aromatic heterocycles. The van der Waals surface area contributed by atoms with Crippen molar-refractivity contribution in [3.05, 3.63) is 39.7 Å². The molecular weight excluding hydrogens is 478 g/mol. The molecule has 1 aromatic rings. The summed E-state index contributed by atoms with van der Waals surface area (Å²) in [5.74, 6) is -5.15. The van der Waals surface area contributed by atoms with Crippen LogP contribution in [0.25, 0.3) is 5.76 Å². The number of aliphatic hydroxyl groups is 4. The van der Waals surface area contributed by atoms with Crippen molar-refractivity contribution < 1.29 is 39.9 Å². The molecule has 1 unspecified atom stereocenters. The molecule has 0 radical (unpaired) electrons. The molecule has 1 saturated carbocycles. The van der Waals surface area contributed by atoms with Crippen LogP contribution in [0.3, 0.4) is 0 Å². The van der Waals surface area contributed by atoms with E-state index >= 15 is 0 Å². The standard InChI is InChI=1S/C28H35NO8/c1-13(7-8-30)5-6-15-11-19(29(3)4)18-10-16-9-17-12-20(32)21(14(2)31)26(35)28(17,37)27(36)22(16)25(34)23(18)24(15)33/h11,13,16-17,30,33-35,37H,5-10,12H2,1-4H3/t13?,16-,17+,28-/m1/s1. The SMILES string of the molecule is CC(=O)C1=C(O)[C@@]2(O)C(=O)C3=C(O)c4c(O)c(CCC(C)CCO)cc(N(C)C)c4C[C@H]3C[C@H]2CC1=O. The third-order valence-corrected chi connectivity index (χ3v) is 8.23. The highest BCUT2D eigenvalue weighted by molar-refractivity contribution is 6.23. The first-order chi connectivity index (χ1) is 17.3. The molecule has 0 saturated heterocycles. The smallest absolute Gasteiger partial charge is 0.202 e. The van der Waals surface area contributed by atoms with E-state index in [0.717, 1.165) is 12.6 Å². The number of anilines is 1. The van der Waals surface area contributed by atoms with Gasteiger partial charge in [-0.1, -0.05) is 6.92 Å². The number of carbonyl (C=O) groups excluding carboxylic acids is 3. The molecule has 1 fully saturated rings. The number of fused-ring (bicyclic) bond motifs is 3. The topological polar surface area (TPSA) is 156 Å². The van der Waals surface area contributed by atoms with Gasteiger partial charge in [-0.3, -0.25) is 14.4 Å². The van der Waals surface area contributed by atoms with Gasteiger partial charge in [-0.2, -0.15) is 0 Å². The quantitative estimate of drug-likeness (QED) is 0.346. The van der Waals surface area contributed by atoms with Gasteiger partial charge in [0, 0.05) is 44.3 Å². The van der Waals surface area contributed by atoms with Crippen molar-refractivity contribution in [3.63, 3.8) is 0 Å². The molecular formula is C28H35NO8. The third-order valence-electron chi connectivity index (χ3n) is 8.23.